The van der Waals surface area contributed by atoms with Crippen LogP contribution in [0.4, 0.5) is 10.6 Å². The minimum absolute atomic E-state index is 0.265. The Morgan fingerprint density at radius 2 is 1.89 bits per heavy atom. The molecule has 0 atom stereocenters. The van der Waals surface area contributed by atoms with Gasteiger partial charge >= 0.3 is 6.03 Å². The summed E-state index contributed by atoms with van der Waals surface area (Å²) in [5.74, 6) is 0.527. The molecule has 3 rings (SSSR count). The first-order valence-corrected chi connectivity index (χ1v) is 9.26. The molecule has 0 aliphatic carbocycles. The SMILES string of the molecule is CCOCCCNC(=O)Nc1n[nH]c2cc(-c3cc(C)cc(C)c3)ccc12. The number of nitrogens with one attached hydrogen (secondary N) is 3. The molecule has 0 aliphatic heterocycles. The molecule has 0 saturated heterocycles. The van der Waals surface area contributed by atoms with E-state index < -0.39 is 0 Å². The van der Waals surface area contributed by atoms with E-state index in [0.29, 0.717) is 25.6 Å². The molecule has 1 heterocycles. The van der Waals surface area contributed by atoms with Crippen molar-refractivity contribution >= 4 is 22.8 Å². The number of H-pyrrole nitrogens is 1. The number of aryl methyl sites for hydroxylation is 2. The predicted molar refractivity (Wildman–Crippen MR) is 109 cm³/mol. The van der Waals surface area contributed by atoms with Crippen LogP contribution in [0, 0.1) is 13.8 Å². The van der Waals surface area contributed by atoms with Crippen LogP contribution in [0.1, 0.15) is 24.5 Å². The quantitative estimate of drug-likeness (QED) is 0.543. The van der Waals surface area contributed by atoms with E-state index >= 15 is 0 Å². The first kappa shape index (κ1) is 18.9. The van der Waals surface area contributed by atoms with Gasteiger partial charge in [0.05, 0.1) is 5.52 Å². The second-order valence-corrected chi connectivity index (χ2v) is 6.64. The third-order valence-electron chi connectivity index (χ3n) is 4.30. The zero-order valence-corrected chi connectivity index (χ0v) is 16.1. The smallest absolute Gasteiger partial charge is 0.320 e. The fraction of sp³-hybridized carbons (Fsp3) is 0.333. The van der Waals surface area contributed by atoms with Gasteiger partial charge in [0, 0.05) is 25.1 Å². The third-order valence-corrected chi connectivity index (χ3v) is 4.30. The molecule has 3 N–H and O–H groups in total. The van der Waals surface area contributed by atoms with Crippen molar-refractivity contribution in [1.82, 2.24) is 15.5 Å². The predicted octanol–water partition coefficient (Wildman–Crippen LogP) is 4.39. The minimum atomic E-state index is -0.265. The highest BCUT2D eigenvalue weighted by Crippen LogP contribution is 2.28. The first-order valence-electron chi connectivity index (χ1n) is 9.26. The summed E-state index contributed by atoms with van der Waals surface area (Å²) in [4.78, 5) is 12.0. The lowest BCUT2D eigenvalue weighted by molar-refractivity contribution is 0.145. The van der Waals surface area contributed by atoms with E-state index in [1.54, 1.807) is 0 Å². The molecule has 0 saturated carbocycles. The summed E-state index contributed by atoms with van der Waals surface area (Å²) in [5, 5.41) is 13.7. The van der Waals surface area contributed by atoms with Gasteiger partial charge in [0.15, 0.2) is 5.82 Å². The highest BCUT2D eigenvalue weighted by molar-refractivity contribution is 6.00. The van der Waals surface area contributed by atoms with Crippen LogP contribution < -0.4 is 10.6 Å². The lowest BCUT2D eigenvalue weighted by atomic mass is 10.00. The largest absolute Gasteiger partial charge is 0.382 e. The van der Waals surface area contributed by atoms with Gasteiger partial charge in [-0.25, -0.2) is 4.79 Å². The third kappa shape index (κ3) is 4.86. The number of rotatable bonds is 7. The van der Waals surface area contributed by atoms with E-state index in [2.05, 4.69) is 65.0 Å². The summed E-state index contributed by atoms with van der Waals surface area (Å²) < 4.78 is 5.25. The number of hydrogen-bond donors (Lipinski definition) is 3. The van der Waals surface area contributed by atoms with Crippen molar-refractivity contribution in [2.24, 2.45) is 0 Å². The molecule has 3 aromatic rings. The van der Waals surface area contributed by atoms with E-state index in [0.717, 1.165) is 22.9 Å². The van der Waals surface area contributed by atoms with Gasteiger partial charge in [0.1, 0.15) is 0 Å². The van der Waals surface area contributed by atoms with Gasteiger partial charge < -0.3 is 10.1 Å². The van der Waals surface area contributed by atoms with E-state index in [9.17, 15) is 4.79 Å². The molecular formula is C21H26N4O2. The average Bonchev–Trinajstić information content (AvgIpc) is 3.03. The molecule has 0 fully saturated rings. The molecule has 6 heteroatoms. The summed E-state index contributed by atoms with van der Waals surface area (Å²) in [6, 6.07) is 12.3. The summed E-state index contributed by atoms with van der Waals surface area (Å²) in [6.07, 6.45) is 0.780. The second-order valence-electron chi connectivity index (χ2n) is 6.64. The number of ether oxygens (including phenoxy) is 1. The monoisotopic (exact) mass is 366 g/mol. The Morgan fingerprint density at radius 3 is 2.63 bits per heavy atom. The first-order chi connectivity index (χ1) is 13.1. The molecule has 27 heavy (non-hydrogen) atoms. The minimum Gasteiger partial charge on any atom is -0.382 e. The topological polar surface area (TPSA) is 79.0 Å². The number of benzene rings is 2. The number of carbonyl (C=O) groups excluding carboxylic acids is 1. The molecule has 6 nitrogen and oxygen atoms in total. The Labute approximate surface area is 159 Å². The van der Waals surface area contributed by atoms with Crippen LogP contribution in [-0.2, 0) is 4.74 Å². The van der Waals surface area contributed by atoms with Gasteiger partial charge in [-0.2, -0.15) is 5.10 Å². The zero-order valence-electron chi connectivity index (χ0n) is 16.1. The van der Waals surface area contributed by atoms with Crippen LogP contribution in [0.2, 0.25) is 0 Å². The van der Waals surface area contributed by atoms with E-state index in [1.165, 1.54) is 16.7 Å². The Morgan fingerprint density at radius 1 is 1.11 bits per heavy atom. The van der Waals surface area contributed by atoms with Gasteiger partial charge in [-0.15, -0.1) is 0 Å². The number of carbonyl (C=O) groups is 1. The van der Waals surface area contributed by atoms with Gasteiger partial charge in [0.25, 0.3) is 0 Å². The molecule has 0 unspecified atom stereocenters. The summed E-state index contributed by atoms with van der Waals surface area (Å²) >= 11 is 0. The van der Waals surface area contributed by atoms with Gasteiger partial charge in [-0.05, 0) is 50.5 Å². The van der Waals surface area contributed by atoms with Crippen molar-refractivity contribution in [3.05, 3.63) is 47.5 Å². The summed E-state index contributed by atoms with van der Waals surface area (Å²) in [5.41, 5.74) is 5.64. The number of aromatic nitrogens is 2. The molecular weight excluding hydrogens is 340 g/mol. The molecule has 0 bridgehead atoms. The number of amides is 2. The highest BCUT2D eigenvalue weighted by Gasteiger charge is 2.10. The number of nitrogens with zero attached hydrogens (tertiary/aromatic N) is 1. The number of hydrogen-bond acceptors (Lipinski definition) is 3. The second kappa shape index (κ2) is 8.68. The molecule has 0 radical (unpaired) electrons. The highest BCUT2D eigenvalue weighted by atomic mass is 16.5. The van der Waals surface area contributed by atoms with Crippen LogP contribution >= 0.6 is 0 Å². The van der Waals surface area contributed by atoms with Gasteiger partial charge in [-0.3, -0.25) is 10.4 Å². The van der Waals surface area contributed by atoms with Gasteiger partial charge in [-0.1, -0.05) is 35.4 Å². The number of urea groups is 1. The Balaban J connectivity index is 1.69. The van der Waals surface area contributed by atoms with Crippen molar-refractivity contribution < 1.29 is 9.53 Å². The van der Waals surface area contributed by atoms with Crippen molar-refractivity contribution in [3.8, 4) is 11.1 Å². The van der Waals surface area contributed by atoms with E-state index in [4.69, 9.17) is 4.74 Å². The lowest BCUT2D eigenvalue weighted by Crippen LogP contribution is -2.30. The van der Waals surface area contributed by atoms with Crippen molar-refractivity contribution in [2.75, 3.05) is 25.1 Å². The number of anilines is 1. The summed E-state index contributed by atoms with van der Waals surface area (Å²) in [7, 11) is 0. The molecule has 0 aliphatic rings. The van der Waals surface area contributed by atoms with Crippen LogP contribution in [0.15, 0.2) is 36.4 Å². The average molecular weight is 366 g/mol. The number of fused-ring (bicyclic) bond motifs is 1. The fourth-order valence-corrected chi connectivity index (χ4v) is 3.11. The Hall–Kier alpha value is -2.86. The lowest BCUT2D eigenvalue weighted by Gasteiger charge is -2.07. The van der Waals surface area contributed by atoms with E-state index in [-0.39, 0.29) is 6.03 Å². The summed E-state index contributed by atoms with van der Waals surface area (Å²) in [6.45, 7) is 8.04. The van der Waals surface area contributed by atoms with Crippen LogP contribution in [-0.4, -0.2) is 36.0 Å². The molecule has 2 amide bonds. The van der Waals surface area contributed by atoms with Crippen LogP contribution in [0.25, 0.3) is 22.0 Å². The zero-order chi connectivity index (χ0) is 19.2. The Bertz CT molecular complexity index is 913. The maximum Gasteiger partial charge on any atom is 0.320 e. The molecule has 0 spiro atoms. The van der Waals surface area contributed by atoms with E-state index in [1.807, 2.05) is 13.0 Å². The van der Waals surface area contributed by atoms with Crippen molar-refractivity contribution in [2.45, 2.75) is 27.2 Å². The molecule has 142 valence electrons. The molecule has 1 aromatic heterocycles. The van der Waals surface area contributed by atoms with Crippen molar-refractivity contribution in [3.63, 3.8) is 0 Å². The number of aromatic amines is 1. The maximum absolute atomic E-state index is 12.0. The normalized spacial score (nSPS) is 10.9. The van der Waals surface area contributed by atoms with Crippen LogP contribution in [0.5, 0.6) is 0 Å². The van der Waals surface area contributed by atoms with Crippen LogP contribution in [0.3, 0.4) is 0 Å². The Kier molecular flexibility index (Phi) is 6.08. The molecule has 2 aromatic carbocycles. The fourth-order valence-electron chi connectivity index (χ4n) is 3.11. The standard InChI is InChI=1S/C21H26N4O2/c1-4-27-9-5-8-22-21(26)23-20-18-7-6-16(13-19(18)24-25-20)17-11-14(2)10-15(3)12-17/h6-7,10-13H,4-5,8-9H2,1-3H3,(H3,22,23,24,25,26). The van der Waals surface area contributed by atoms with Crippen molar-refractivity contribution in [1.29, 1.82) is 0 Å². The maximum atomic E-state index is 12.0. The van der Waals surface area contributed by atoms with Gasteiger partial charge in [0.2, 0.25) is 0 Å².